The molecule has 1 aromatic carbocycles. The molecule has 0 spiro atoms. The van der Waals surface area contributed by atoms with Crippen LogP contribution in [0.2, 0.25) is 0 Å². The van der Waals surface area contributed by atoms with E-state index in [2.05, 4.69) is 4.98 Å². The first-order chi connectivity index (χ1) is 9.69. The lowest BCUT2D eigenvalue weighted by molar-refractivity contribution is 0.215. The molecule has 2 heterocycles. The first-order valence-corrected chi connectivity index (χ1v) is 6.14. The van der Waals surface area contributed by atoms with Crippen LogP contribution in [0.1, 0.15) is 17.4 Å². The number of ether oxygens (including phenoxy) is 1. The molecule has 1 unspecified atom stereocenters. The maximum atomic E-state index is 13.7. The average molecular weight is 272 g/mol. The van der Waals surface area contributed by atoms with Gasteiger partial charge < -0.3 is 14.2 Å². The van der Waals surface area contributed by atoms with Gasteiger partial charge in [-0.05, 0) is 29.8 Å². The molecule has 3 rings (SSSR count). The zero-order valence-corrected chi connectivity index (χ0v) is 10.8. The van der Waals surface area contributed by atoms with E-state index in [1.807, 2.05) is 24.4 Å². The van der Waals surface area contributed by atoms with Crippen LogP contribution in [0.3, 0.4) is 0 Å². The first kappa shape index (κ1) is 12.6. The van der Waals surface area contributed by atoms with Crippen molar-refractivity contribution in [2.45, 2.75) is 6.10 Å². The molecular weight excluding hydrogens is 259 g/mol. The molecule has 1 N–H and O–H groups in total. The van der Waals surface area contributed by atoms with Crippen molar-refractivity contribution in [2.24, 2.45) is 0 Å². The lowest BCUT2D eigenvalue weighted by Gasteiger charge is -2.09. The number of methoxy groups -OCH3 is 1. The van der Waals surface area contributed by atoms with E-state index in [1.54, 1.807) is 16.7 Å². The molecule has 0 fully saturated rings. The van der Waals surface area contributed by atoms with Crippen LogP contribution in [0.4, 0.5) is 4.39 Å². The number of aliphatic hydroxyl groups is 1. The SMILES string of the molecule is COc1ccc(C(O)c2cn3ccccc3n2)cc1F. The fourth-order valence-electron chi connectivity index (χ4n) is 2.11. The summed E-state index contributed by atoms with van der Waals surface area (Å²) in [5.74, 6) is -0.358. The molecule has 0 amide bonds. The number of halogens is 1. The number of pyridine rings is 1. The molecule has 3 aromatic rings. The smallest absolute Gasteiger partial charge is 0.165 e. The van der Waals surface area contributed by atoms with Gasteiger partial charge in [-0.2, -0.15) is 0 Å². The number of hydrogen-bond acceptors (Lipinski definition) is 3. The van der Waals surface area contributed by atoms with Crippen LogP contribution in [0.15, 0.2) is 48.8 Å². The quantitative estimate of drug-likeness (QED) is 0.797. The number of nitrogens with zero attached hydrogens (tertiary/aromatic N) is 2. The van der Waals surface area contributed by atoms with Crippen molar-refractivity contribution in [3.63, 3.8) is 0 Å². The Hall–Kier alpha value is -2.40. The molecule has 1 atom stereocenters. The van der Waals surface area contributed by atoms with Crippen molar-refractivity contribution < 1.29 is 14.2 Å². The first-order valence-electron chi connectivity index (χ1n) is 6.14. The summed E-state index contributed by atoms with van der Waals surface area (Å²) >= 11 is 0. The van der Waals surface area contributed by atoms with Crippen molar-refractivity contribution in [2.75, 3.05) is 7.11 Å². The van der Waals surface area contributed by atoms with Gasteiger partial charge in [0.25, 0.3) is 0 Å². The minimum absolute atomic E-state index is 0.149. The highest BCUT2D eigenvalue weighted by Gasteiger charge is 2.16. The van der Waals surface area contributed by atoms with Crippen molar-refractivity contribution in [1.82, 2.24) is 9.38 Å². The van der Waals surface area contributed by atoms with E-state index in [4.69, 9.17) is 4.74 Å². The third-order valence-electron chi connectivity index (χ3n) is 3.15. The number of benzene rings is 1. The third-order valence-corrected chi connectivity index (χ3v) is 3.15. The van der Waals surface area contributed by atoms with Gasteiger partial charge in [0.15, 0.2) is 11.6 Å². The monoisotopic (exact) mass is 272 g/mol. The molecule has 0 bridgehead atoms. The molecule has 0 aliphatic heterocycles. The van der Waals surface area contributed by atoms with Crippen molar-refractivity contribution >= 4 is 5.65 Å². The predicted octanol–water partition coefficient (Wildman–Crippen LogP) is 2.56. The second-order valence-electron chi connectivity index (χ2n) is 4.43. The molecule has 2 aromatic heterocycles. The number of fused-ring (bicyclic) bond motifs is 1. The van der Waals surface area contributed by atoms with E-state index in [0.29, 0.717) is 11.3 Å². The van der Waals surface area contributed by atoms with Crippen LogP contribution in [0, 0.1) is 5.82 Å². The fraction of sp³-hybridized carbons (Fsp3) is 0.133. The lowest BCUT2D eigenvalue weighted by atomic mass is 10.1. The Morgan fingerprint density at radius 2 is 2.15 bits per heavy atom. The molecule has 102 valence electrons. The third kappa shape index (κ3) is 2.12. The van der Waals surface area contributed by atoms with Crippen molar-refractivity contribution in [1.29, 1.82) is 0 Å². The molecule has 0 aliphatic rings. The summed E-state index contributed by atoms with van der Waals surface area (Å²) in [5, 5.41) is 10.3. The van der Waals surface area contributed by atoms with Crippen LogP contribution in [0.25, 0.3) is 5.65 Å². The minimum Gasteiger partial charge on any atom is -0.494 e. The Morgan fingerprint density at radius 1 is 1.30 bits per heavy atom. The molecule has 4 nitrogen and oxygen atoms in total. The van der Waals surface area contributed by atoms with Gasteiger partial charge in [-0.15, -0.1) is 0 Å². The highest BCUT2D eigenvalue weighted by atomic mass is 19.1. The Kier molecular flexibility index (Phi) is 3.12. The van der Waals surface area contributed by atoms with Crippen LogP contribution in [-0.4, -0.2) is 21.6 Å². The van der Waals surface area contributed by atoms with Gasteiger partial charge in [0.1, 0.15) is 11.8 Å². The van der Waals surface area contributed by atoms with E-state index in [1.165, 1.54) is 19.2 Å². The number of aromatic nitrogens is 2. The van der Waals surface area contributed by atoms with Gasteiger partial charge in [-0.3, -0.25) is 0 Å². The maximum absolute atomic E-state index is 13.7. The maximum Gasteiger partial charge on any atom is 0.165 e. The molecule has 20 heavy (non-hydrogen) atoms. The van der Waals surface area contributed by atoms with Crippen LogP contribution >= 0.6 is 0 Å². The standard InChI is InChI=1S/C15H13FN2O2/c1-20-13-6-5-10(8-11(13)16)15(19)12-9-18-7-3-2-4-14(18)17-12/h2-9,15,19H,1H3. The van der Waals surface area contributed by atoms with E-state index in [9.17, 15) is 9.50 Å². The Morgan fingerprint density at radius 3 is 2.85 bits per heavy atom. The molecular formula is C15H13FN2O2. The molecule has 0 aliphatic carbocycles. The van der Waals surface area contributed by atoms with Gasteiger partial charge in [0.05, 0.1) is 12.8 Å². The zero-order valence-electron chi connectivity index (χ0n) is 10.8. The highest BCUT2D eigenvalue weighted by molar-refractivity contribution is 5.42. The van der Waals surface area contributed by atoms with E-state index in [0.717, 1.165) is 5.65 Å². The van der Waals surface area contributed by atoms with Gasteiger partial charge in [-0.1, -0.05) is 12.1 Å². The highest BCUT2D eigenvalue weighted by Crippen LogP contribution is 2.26. The van der Waals surface area contributed by atoms with Crippen LogP contribution in [-0.2, 0) is 0 Å². The predicted molar refractivity (Wildman–Crippen MR) is 72.2 cm³/mol. The summed E-state index contributed by atoms with van der Waals surface area (Å²) in [4.78, 5) is 4.32. The Bertz CT molecular complexity index is 721. The van der Waals surface area contributed by atoms with Gasteiger partial charge >= 0.3 is 0 Å². The summed E-state index contributed by atoms with van der Waals surface area (Å²) < 4.78 is 20.3. The molecule has 0 radical (unpaired) electrons. The second-order valence-corrected chi connectivity index (χ2v) is 4.43. The normalized spacial score (nSPS) is 12.6. The molecule has 0 saturated carbocycles. The van der Waals surface area contributed by atoms with Gasteiger partial charge in [0.2, 0.25) is 0 Å². The Labute approximate surface area is 115 Å². The zero-order chi connectivity index (χ0) is 14.1. The van der Waals surface area contributed by atoms with Gasteiger partial charge in [-0.25, -0.2) is 9.37 Å². The summed E-state index contributed by atoms with van der Waals surface area (Å²) in [5.41, 5.74) is 1.64. The van der Waals surface area contributed by atoms with Crippen LogP contribution in [0.5, 0.6) is 5.75 Å². The van der Waals surface area contributed by atoms with Crippen molar-refractivity contribution in [3.8, 4) is 5.75 Å². The number of hydrogen-bond donors (Lipinski definition) is 1. The Balaban J connectivity index is 1.99. The number of imidazole rings is 1. The lowest BCUT2D eigenvalue weighted by Crippen LogP contribution is -2.01. The van der Waals surface area contributed by atoms with E-state index < -0.39 is 11.9 Å². The number of rotatable bonds is 3. The van der Waals surface area contributed by atoms with Gasteiger partial charge in [0, 0.05) is 12.4 Å². The second kappa shape index (κ2) is 4.94. The topological polar surface area (TPSA) is 46.8 Å². The molecule has 0 saturated heterocycles. The summed E-state index contributed by atoms with van der Waals surface area (Å²) in [6.45, 7) is 0. The van der Waals surface area contributed by atoms with E-state index >= 15 is 0 Å². The largest absolute Gasteiger partial charge is 0.494 e. The summed E-state index contributed by atoms with van der Waals surface area (Å²) in [6, 6.07) is 9.95. The fourth-order valence-corrected chi connectivity index (χ4v) is 2.11. The van der Waals surface area contributed by atoms with E-state index in [-0.39, 0.29) is 5.75 Å². The summed E-state index contributed by atoms with van der Waals surface area (Å²) in [6.07, 6.45) is 2.59. The van der Waals surface area contributed by atoms with Crippen molar-refractivity contribution in [3.05, 3.63) is 65.9 Å². The summed E-state index contributed by atoms with van der Waals surface area (Å²) in [7, 11) is 1.40. The minimum atomic E-state index is -0.977. The number of aliphatic hydroxyl groups excluding tert-OH is 1. The van der Waals surface area contributed by atoms with Crippen LogP contribution < -0.4 is 4.74 Å². The average Bonchev–Trinajstić information content (AvgIpc) is 2.90. The molecule has 5 heteroatoms.